The molecule has 0 saturated heterocycles. The zero-order chi connectivity index (χ0) is 13.9. The van der Waals surface area contributed by atoms with Crippen molar-refractivity contribution in [3.8, 4) is 5.75 Å². The monoisotopic (exact) mass is 286 g/mol. The summed E-state index contributed by atoms with van der Waals surface area (Å²) in [5, 5.41) is 8.86. The number of para-hydroxylation sites is 1. The molecule has 1 atom stereocenters. The van der Waals surface area contributed by atoms with Crippen molar-refractivity contribution < 1.29 is 14.6 Å². The summed E-state index contributed by atoms with van der Waals surface area (Å²) in [5.74, 6) is 1.43. The number of carboxylic acid groups (broad SMARTS) is 1. The molecule has 3 rings (SSSR count). The van der Waals surface area contributed by atoms with E-state index in [0.29, 0.717) is 11.5 Å². The summed E-state index contributed by atoms with van der Waals surface area (Å²) >= 11 is 1.73. The van der Waals surface area contributed by atoms with Crippen molar-refractivity contribution in [2.45, 2.75) is 10.8 Å². The minimum absolute atomic E-state index is 0.323. The fourth-order valence-corrected chi connectivity index (χ4v) is 3.26. The van der Waals surface area contributed by atoms with Gasteiger partial charge in [0, 0.05) is 22.1 Å². The number of hydrogen-bond donors (Lipinski definition) is 1. The Hall–Kier alpha value is -1.94. The van der Waals surface area contributed by atoms with Gasteiger partial charge in [-0.05, 0) is 30.3 Å². The van der Waals surface area contributed by atoms with Crippen molar-refractivity contribution in [1.29, 1.82) is 0 Å². The predicted octanol–water partition coefficient (Wildman–Crippen LogP) is 3.65. The summed E-state index contributed by atoms with van der Waals surface area (Å²) in [4.78, 5) is 11.9. The van der Waals surface area contributed by atoms with E-state index >= 15 is 0 Å². The van der Waals surface area contributed by atoms with Crippen LogP contribution in [0.3, 0.4) is 0 Å². The fraction of sp³-hybridized carbons (Fsp3) is 0.188. The maximum Gasteiger partial charge on any atom is 0.335 e. The van der Waals surface area contributed by atoms with Crippen LogP contribution in [0.1, 0.15) is 21.8 Å². The van der Waals surface area contributed by atoms with Crippen molar-refractivity contribution in [1.82, 2.24) is 0 Å². The van der Waals surface area contributed by atoms with Crippen molar-refractivity contribution in [2.24, 2.45) is 0 Å². The molecule has 0 bridgehead atoms. The van der Waals surface area contributed by atoms with Gasteiger partial charge in [0.1, 0.15) is 5.75 Å². The van der Waals surface area contributed by atoms with Gasteiger partial charge >= 0.3 is 5.97 Å². The summed E-state index contributed by atoms with van der Waals surface area (Å²) in [6, 6.07) is 15.1. The molecule has 20 heavy (non-hydrogen) atoms. The molecule has 0 amide bonds. The van der Waals surface area contributed by atoms with Gasteiger partial charge in [-0.1, -0.05) is 18.2 Å². The average Bonchev–Trinajstić information content (AvgIpc) is 2.89. The van der Waals surface area contributed by atoms with Gasteiger partial charge in [-0.2, -0.15) is 0 Å². The van der Waals surface area contributed by atoms with Gasteiger partial charge in [0.15, 0.2) is 0 Å². The molecular weight excluding hydrogens is 272 g/mol. The molecule has 4 heteroatoms. The minimum atomic E-state index is -0.889. The van der Waals surface area contributed by atoms with Crippen molar-refractivity contribution in [3.63, 3.8) is 0 Å². The van der Waals surface area contributed by atoms with Crippen LogP contribution in [-0.4, -0.2) is 23.4 Å². The molecule has 1 aliphatic heterocycles. The van der Waals surface area contributed by atoms with Crippen molar-refractivity contribution in [3.05, 3.63) is 59.7 Å². The molecule has 0 radical (unpaired) electrons. The molecule has 0 fully saturated rings. The first-order chi connectivity index (χ1) is 9.74. The van der Waals surface area contributed by atoms with E-state index in [4.69, 9.17) is 9.84 Å². The summed E-state index contributed by atoms with van der Waals surface area (Å²) in [6.07, 6.45) is 0. The number of carboxylic acids is 1. The lowest BCUT2D eigenvalue weighted by atomic mass is 10.0. The molecule has 102 valence electrons. The second kappa shape index (κ2) is 5.59. The first-order valence-electron chi connectivity index (χ1n) is 6.42. The van der Waals surface area contributed by atoms with Crippen LogP contribution in [0.2, 0.25) is 0 Å². The van der Waals surface area contributed by atoms with Crippen molar-refractivity contribution >= 4 is 17.7 Å². The lowest BCUT2D eigenvalue weighted by Gasteiger charge is -2.08. The average molecular weight is 286 g/mol. The van der Waals surface area contributed by atoms with Crippen LogP contribution in [0.5, 0.6) is 5.75 Å². The van der Waals surface area contributed by atoms with E-state index in [0.717, 1.165) is 23.0 Å². The van der Waals surface area contributed by atoms with Gasteiger partial charge in [-0.15, -0.1) is 11.8 Å². The van der Waals surface area contributed by atoms with E-state index in [9.17, 15) is 4.79 Å². The molecule has 0 spiro atoms. The van der Waals surface area contributed by atoms with Crippen molar-refractivity contribution in [2.75, 3.05) is 12.4 Å². The molecule has 0 aromatic heterocycles. The smallest absolute Gasteiger partial charge is 0.335 e. The van der Waals surface area contributed by atoms with Gasteiger partial charge in [0.25, 0.3) is 0 Å². The Labute approximate surface area is 121 Å². The van der Waals surface area contributed by atoms with E-state index < -0.39 is 5.97 Å². The van der Waals surface area contributed by atoms with Crippen LogP contribution >= 0.6 is 11.8 Å². The molecule has 2 aromatic rings. The molecule has 1 N–H and O–H groups in total. The molecule has 1 aliphatic rings. The number of benzene rings is 2. The Kier molecular flexibility index (Phi) is 3.65. The zero-order valence-electron chi connectivity index (χ0n) is 10.8. The third kappa shape index (κ3) is 2.65. The molecule has 3 nitrogen and oxygen atoms in total. The Bertz CT molecular complexity index is 622. The highest BCUT2D eigenvalue weighted by molar-refractivity contribution is 7.99. The predicted molar refractivity (Wildman–Crippen MR) is 78.8 cm³/mol. The summed E-state index contributed by atoms with van der Waals surface area (Å²) < 4.78 is 5.66. The van der Waals surface area contributed by atoms with E-state index in [2.05, 4.69) is 6.07 Å². The minimum Gasteiger partial charge on any atom is -0.493 e. The number of rotatable bonds is 4. The number of hydrogen-bond acceptors (Lipinski definition) is 3. The third-order valence-corrected chi connectivity index (χ3v) is 4.53. The van der Waals surface area contributed by atoms with Gasteiger partial charge in [-0.3, -0.25) is 0 Å². The number of thioether (sulfide) groups is 1. The second-order valence-electron chi connectivity index (χ2n) is 4.69. The van der Waals surface area contributed by atoms with Crippen LogP contribution in [0.25, 0.3) is 0 Å². The lowest BCUT2D eigenvalue weighted by Crippen LogP contribution is -2.03. The highest BCUT2D eigenvalue weighted by Crippen LogP contribution is 2.36. The molecule has 0 aliphatic carbocycles. The number of carbonyl (C=O) groups is 1. The SMILES string of the molecule is O=C(O)c1ccc(SCC2COc3ccccc32)cc1. The second-order valence-corrected chi connectivity index (χ2v) is 5.78. The van der Waals surface area contributed by atoms with Crippen LogP contribution in [-0.2, 0) is 0 Å². The van der Waals surface area contributed by atoms with E-state index in [-0.39, 0.29) is 0 Å². The quantitative estimate of drug-likeness (QED) is 0.871. The Morgan fingerprint density at radius 3 is 2.70 bits per heavy atom. The van der Waals surface area contributed by atoms with Gasteiger partial charge in [-0.25, -0.2) is 4.79 Å². The van der Waals surface area contributed by atoms with Gasteiger partial charge in [0.2, 0.25) is 0 Å². The summed E-state index contributed by atoms with van der Waals surface area (Å²) in [5.41, 5.74) is 1.59. The van der Waals surface area contributed by atoms with Gasteiger partial charge in [0.05, 0.1) is 12.2 Å². The molecule has 0 saturated carbocycles. The first kappa shape index (κ1) is 13.1. The summed E-state index contributed by atoms with van der Waals surface area (Å²) in [6.45, 7) is 0.722. The van der Waals surface area contributed by atoms with E-state index in [1.54, 1.807) is 23.9 Å². The molecule has 1 unspecified atom stereocenters. The standard InChI is InChI=1S/C16H14O3S/c17-16(18)11-5-7-13(8-6-11)20-10-12-9-19-15-4-2-1-3-14(12)15/h1-8,12H,9-10H2,(H,17,18). The number of ether oxygens (including phenoxy) is 1. The number of fused-ring (bicyclic) bond motifs is 1. The maximum atomic E-state index is 10.8. The lowest BCUT2D eigenvalue weighted by molar-refractivity contribution is 0.0697. The largest absolute Gasteiger partial charge is 0.493 e. The van der Waals surface area contributed by atoms with Gasteiger partial charge < -0.3 is 9.84 Å². The highest BCUT2D eigenvalue weighted by Gasteiger charge is 2.23. The summed E-state index contributed by atoms with van der Waals surface area (Å²) in [7, 11) is 0. The highest BCUT2D eigenvalue weighted by atomic mass is 32.2. The third-order valence-electron chi connectivity index (χ3n) is 3.35. The number of aromatic carboxylic acids is 1. The Morgan fingerprint density at radius 2 is 1.95 bits per heavy atom. The van der Waals surface area contributed by atoms with Crippen LogP contribution in [0.4, 0.5) is 0 Å². The molecule has 1 heterocycles. The maximum absolute atomic E-state index is 10.8. The van der Waals surface area contributed by atoms with E-state index in [1.165, 1.54) is 5.56 Å². The van der Waals surface area contributed by atoms with Crippen LogP contribution in [0, 0.1) is 0 Å². The topological polar surface area (TPSA) is 46.5 Å². The molecule has 2 aromatic carbocycles. The Balaban J connectivity index is 1.64. The first-order valence-corrected chi connectivity index (χ1v) is 7.40. The normalized spacial score (nSPS) is 16.5. The zero-order valence-corrected chi connectivity index (χ0v) is 11.6. The van der Waals surface area contributed by atoms with Crippen LogP contribution in [0.15, 0.2) is 53.4 Å². The Morgan fingerprint density at radius 1 is 1.20 bits per heavy atom. The fourth-order valence-electron chi connectivity index (χ4n) is 2.26. The molecular formula is C16H14O3S. The van der Waals surface area contributed by atoms with E-state index in [1.807, 2.05) is 30.3 Å². The van der Waals surface area contributed by atoms with Crippen LogP contribution < -0.4 is 4.74 Å².